The van der Waals surface area contributed by atoms with Gasteiger partial charge in [-0.1, -0.05) is 43.5 Å². The van der Waals surface area contributed by atoms with Crippen LogP contribution in [0.2, 0.25) is 0 Å². The molecule has 0 radical (unpaired) electrons. The fourth-order valence-corrected chi connectivity index (χ4v) is 4.21. The minimum absolute atomic E-state index is 0.0363. The molecule has 32 heavy (non-hydrogen) atoms. The van der Waals surface area contributed by atoms with E-state index in [4.69, 9.17) is 11.6 Å². The molecule has 1 aliphatic carbocycles. The van der Waals surface area contributed by atoms with Crippen molar-refractivity contribution in [3.8, 4) is 0 Å². The second kappa shape index (κ2) is 10.8. The largest absolute Gasteiger partial charge is 0.416 e. The highest BCUT2D eigenvalue weighted by Gasteiger charge is 2.37. The zero-order valence-electron chi connectivity index (χ0n) is 17.4. The van der Waals surface area contributed by atoms with Gasteiger partial charge in [0.2, 0.25) is 11.8 Å². The Hall–Kier alpha value is -2.61. The van der Waals surface area contributed by atoms with Crippen molar-refractivity contribution in [1.29, 1.82) is 0 Å². The standard InChI is InChI=1S/C23H25ClF3N3O2/c24-13-20(31)30(15-17-7-4-5-11-19(17)23(25,26)27)21(16-8-6-12-28-14-16)22(32)29-18-9-2-1-3-10-18/h4-8,11-12,14,18,21H,1-3,9-10,13,15H2,(H,29,32). The summed E-state index contributed by atoms with van der Waals surface area (Å²) in [6.45, 7) is -0.418. The minimum atomic E-state index is -4.60. The zero-order chi connectivity index (χ0) is 23.1. The van der Waals surface area contributed by atoms with Crippen LogP contribution in [0.1, 0.15) is 54.8 Å². The monoisotopic (exact) mass is 467 g/mol. The summed E-state index contributed by atoms with van der Waals surface area (Å²) in [5, 5.41) is 2.98. The molecule has 1 atom stereocenters. The molecule has 1 aliphatic rings. The Labute approximate surface area is 190 Å². The van der Waals surface area contributed by atoms with E-state index in [-0.39, 0.29) is 11.6 Å². The Bertz CT molecular complexity index is 918. The number of pyridine rings is 1. The third kappa shape index (κ3) is 6.00. The summed E-state index contributed by atoms with van der Waals surface area (Å²) in [5.41, 5.74) is -0.563. The average molecular weight is 468 g/mol. The fraction of sp³-hybridized carbons (Fsp3) is 0.435. The molecule has 0 saturated heterocycles. The maximum absolute atomic E-state index is 13.6. The maximum Gasteiger partial charge on any atom is 0.416 e. The van der Waals surface area contributed by atoms with Gasteiger partial charge < -0.3 is 10.2 Å². The molecule has 5 nitrogen and oxygen atoms in total. The van der Waals surface area contributed by atoms with Crippen molar-refractivity contribution in [3.63, 3.8) is 0 Å². The normalized spacial score (nSPS) is 15.8. The Morgan fingerprint density at radius 1 is 1.12 bits per heavy atom. The number of halogens is 4. The predicted molar refractivity (Wildman–Crippen MR) is 115 cm³/mol. The first-order valence-electron chi connectivity index (χ1n) is 10.5. The molecule has 3 rings (SSSR count). The SMILES string of the molecule is O=C(NC1CCCCC1)C(c1cccnc1)N(Cc1ccccc1C(F)(F)F)C(=O)CCl. The minimum Gasteiger partial charge on any atom is -0.351 e. The molecule has 0 spiro atoms. The van der Waals surface area contributed by atoms with Crippen molar-refractivity contribution in [2.75, 3.05) is 5.88 Å². The topological polar surface area (TPSA) is 62.3 Å². The summed E-state index contributed by atoms with van der Waals surface area (Å²) >= 11 is 5.81. The number of hydrogen-bond acceptors (Lipinski definition) is 3. The van der Waals surface area contributed by atoms with Gasteiger partial charge in [-0.2, -0.15) is 13.2 Å². The summed E-state index contributed by atoms with van der Waals surface area (Å²) < 4.78 is 40.7. The second-order valence-corrected chi connectivity index (χ2v) is 8.11. The van der Waals surface area contributed by atoms with Crippen LogP contribution in [0.3, 0.4) is 0 Å². The van der Waals surface area contributed by atoms with Gasteiger partial charge in [0.05, 0.1) is 5.56 Å². The van der Waals surface area contributed by atoms with E-state index in [1.807, 2.05) is 0 Å². The molecule has 172 valence electrons. The highest BCUT2D eigenvalue weighted by molar-refractivity contribution is 6.27. The molecule has 1 N–H and O–H groups in total. The zero-order valence-corrected chi connectivity index (χ0v) is 18.2. The Morgan fingerprint density at radius 3 is 2.47 bits per heavy atom. The Balaban J connectivity index is 1.98. The van der Waals surface area contributed by atoms with Gasteiger partial charge in [-0.15, -0.1) is 11.6 Å². The lowest BCUT2D eigenvalue weighted by Crippen LogP contribution is -2.47. The number of benzene rings is 1. The fourth-order valence-electron chi connectivity index (χ4n) is 4.06. The molecular formula is C23H25ClF3N3O2. The molecule has 1 aromatic carbocycles. The summed E-state index contributed by atoms with van der Waals surface area (Å²) in [6.07, 6.45) is 3.10. The van der Waals surface area contributed by atoms with Crippen LogP contribution in [0.25, 0.3) is 0 Å². The van der Waals surface area contributed by atoms with Crippen molar-refractivity contribution in [3.05, 3.63) is 65.5 Å². The van der Waals surface area contributed by atoms with E-state index in [1.54, 1.807) is 12.1 Å². The highest BCUT2D eigenvalue weighted by atomic mass is 35.5. The number of amides is 2. The maximum atomic E-state index is 13.6. The van der Waals surface area contributed by atoms with Gasteiger partial charge in [-0.25, -0.2) is 0 Å². The quantitative estimate of drug-likeness (QED) is 0.592. The second-order valence-electron chi connectivity index (χ2n) is 7.84. The molecule has 0 bridgehead atoms. The average Bonchev–Trinajstić information content (AvgIpc) is 2.79. The van der Waals surface area contributed by atoms with Crippen LogP contribution < -0.4 is 5.32 Å². The van der Waals surface area contributed by atoms with Crippen LogP contribution in [0, 0.1) is 0 Å². The van der Waals surface area contributed by atoms with Gasteiger partial charge in [-0.05, 0) is 30.5 Å². The van der Waals surface area contributed by atoms with Crippen molar-refractivity contribution in [2.24, 2.45) is 0 Å². The third-order valence-corrected chi connectivity index (χ3v) is 5.84. The summed E-state index contributed by atoms with van der Waals surface area (Å²) in [5.74, 6) is -1.56. The first-order chi connectivity index (χ1) is 15.3. The molecule has 1 heterocycles. The van der Waals surface area contributed by atoms with Crippen LogP contribution in [-0.2, 0) is 22.3 Å². The molecule has 1 saturated carbocycles. The van der Waals surface area contributed by atoms with Crippen LogP contribution in [0.4, 0.5) is 13.2 Å². The van der Waals surface area contributed by atoms with E-state index in [0.717, 1.165) is 43.1 Å². The van der Waals surface area contributed by atoms with Crippen LogP contribution >= 0.6 is 11.6 Å². The van der Waals surface area contributed by atoms with E-state index in [2.05, 4.69) is 10.3 Å². The van der Waals surface area contributed by atoms with Crippen molar-refractivity contribution >= 4 is 23.4 Å². The van der Waals surface area contributed by atoms with Crippen LogP contribution in [-0.4, -0.2) is 33.6 Å². The van der Waals surface area contributed by atoms with Crippen LogP contribution in [0.5, 0.6) is 0 Å². The van der Waals surface area contributed by atoms with Crippen molar-refractivity contribution in [1.82, 2.24) is 15.2 Å². The number of rotatable bonds is 7. The highest BCUT2D eigenvalue weighted by Crippen LogP contribution is 2.34. The molecule has 0 aliphatic heterocycles. The lowest BCUT2D eigenvalue weighted by molar-refractivity contribution is -0.142. The van der Waals surface area contributed by atoms with E-state index in [9.17, 15) is 22.8 Å². The summed E-state index contributed by atoms with van der Waals surface area (Å²) in [6, 6.07) is 7.06. The van der Waals surface area contributed by atoms with Gasteiger partial charge in [0, 0.05) is 30.5 Å². The summed E-state index contributed by atoms with van der Waals surface area (Å²) in [7, 11) is 0. The molecule has 9 heteroatoms. The first kappa shape index (κ1) is 24.0. The number of aromatic nitrogens is 1. The van der Waals surface area contributed by atoms with E-state index in [0.29, 0.717) is 5.56 Å². The number of carbonyl (C=O) groups excluding carboxylic acids is 2. The van der Waals surface area contributed by atoms with Gasteiger partial charge in [0.25, 0.3) is 0 Å². The molecular weight excluding hydrogens is 443 g/mol. The van der Waals surface area contributed by atoms with E-state index >= 15 is 0 Å². The number of nitrogens with zero attached hydrogens (tertiary/aromatic N) is 2. The van der Waals surface area contributed by atoms with Gasteiger partial charge in [-0.3, -0.25) is 14.6 Å². The molecule has 1 unspecified atom stereocenters. The summed E-state index contributed by atoms with van der Waals surface area (Å²) in [4.78, 5) is 31.3. The smallest absolute Gasteiger partial charge is 0.351 e. The lowest BCUT2D eigenvalue weighted by atomic mass is 9.94. The Kier molecular flexibility index (Phi) is 8.12. The Morgan fingerprint density at radius 2 is 1.84 bits per heavy atom. The van der Waals surface area contributed by atoms with Crippen molar-refractivity contribution in [2.45, 2.75) is 56.9 Å². The number of hydrogen-bond donors (Lipinski definition) is 1. The number of nitrogens with one attached hydrogen (secondary N) is 1. The third-order valence-electron chi connectivity index (χ3n) is 5.61. The lowest BCUT2D eigenvalue weighted by Gasteiger charge is -2.33. The first-order valence-corrected chi connectivity index (χ1v) is 11.1. The van der Waals surface area contributed by atoms with Gasteiger partial charge in [0.15, 0.2) is 0 Å². The molecule has 1 aromatic heterocycles. The predicted octanol–water partition coefficient (Wildman–Crippen LogP) is 4.86. The van der Waals surface area contributed by atoms with Crippen molar-refractivity contribution < 1.29 is 22.8 Å². The van der Waals surface area contributed by atoms with Gasteiger partial charge >= 0.3 is 6.18 Å². The molecule has 2 amide bonds. The van der Waals surface area contributed by atoms with E-state index in [1.165, 1.54) is 30.6 Å². The number of alkyl halides is 4. The number of carbonyl (C=O) groups is 2. The van der Waals surface area contributed by atoms with Crippen LogP contribution in [0.15, 0.2) is 48.8 Å². The molecule has 1 fully saturated rings. The molecule has 2 aromatic rings. The van der Waals surface area contributed by atoms with E-state index < -0.39 is 42.0 Å². The van der Waals surface area contributed by atoms with Gasteiger partial charge in [0.1, 0.15) is 11.9 Å².